The summed E-state index contributed by atoms with van der Waals surface area (Å²) in [7, 11) is 1.76. The third-order valence-electron chi connectivity index (χ3n) is 1.89. The van der Waals surface area contributed by atoms with Gasteiger partial charge in [-0.15, -0.1) is 0 Å². The lowest BCUT2D eigenvalue weighted by molar-refractivity contribution is 0.292. The van der Waals surface area contributed by atoms with E-state index in [-0.39, 0.29) is 11.5 Å². The van der Waals surface area contributed by atoms with Crippen LogP contribution in [0.15, 0.2) is 12.1 Å². The van der Waals surface area contributed by atoms with Crippen LogP contribution in [0, 0.1) is 5.82 Å². The maximum Gasteiger partial charge on any atom is 0.206 e. The van der Waals surface area contributed by atoms with Gasteiger partial charge in [-0.25, -0.2) is 0 Å². The highest BCUT2D eigenvalue weighted by molar-refractivity contribution is 5.54. The van der Waals surface area contributed by atoms with E-state index in [0.29, 0.717) is 13.2 Å². The second kappa shape index (κ2) is 5.44. The average Bonchev–Trinajstić information content (AvgIpc) is 2.24. The van der Waals surface area contributed by atoms with Gasteiger partial charge in [-0.05, 0) is 13.8 Å². The van der Waals surface area contributed by atoms with Crippen LogP contribution < -0.4 is 14.8 Å². The van der Waals surface area contributed by atoms with Gasteiger partial charge in [-0.3, -0.25) is 0 Å². The Morgan fingerprint density at radius 3 is 1.93 bits per heavy atom. The van der Waals surface area contributed by atoms with Gasteiger partial charge >= 0.3 is 0 Å². The molecule has 0 aliphatic rings. The van der Waals surface area contributed by atoms with Gasteiger partial charge in [0, 0.05) is 24.9 Å². The van der Waals surface area contributed by atoms with Crippen molar-refractivity contribution in [3.8, 4) is 11.5 Å². The van der Waals surface area contributed by atoms with Crippen molar-refractivity contribution in [2.45, 2.75) is 13.8 Å². The quantitative estimate of drug-likeness (QED) is 0.815. The second-order valence-corrected chi connectivity index (χ2v) is 2.90. The first-order chi connectivity index (χ1) is 7.22. The Morgan fingerprint density at radius 1 is 1.13 bits per heavy atom. The number of rotatable bonds is 5. The predicted molar refractivity (Wildman–Crippen MR) is 58.3 cm³/mol. The molecule has 0 saturated carbocycles. The summed E-state index contributed by atoms with van der Waals surface area (Å²) in [4.78, 5) is 0. The number of nitrogens with one attached hydrogen (secondary N) is 1. The molecule has 0 aromatic heterocycles. The molecule has 15 heavy (non-hydrogen) atoms. The van der Waals surface area contributed by atoms with Gasteiger partial charge in [0.15, 0.2) is 11.5 Å². The number of halogens is 1. The van der Waals surface area contributed by atoms with E-state index in [1.165, 1.54) is 0 Å². The van der Waals surface area contributed by atoms with E-state index in [1.807, 2.05) is 13.8 Å². The Labute approximate surface area is 89.2 Å². The summed E-state index contributed by atoms with van der Waals surface area (Å²) in [5, 5.41) is 2.93. The van der Waals surface area contributed by atoms with Gasteiger partial charge in [0.1, 0.15) is 0 Å². The first-order valence-electron chi connectivity index (χ1n) is 4.99. The summed E-state index contributed by atoms with van der Waals surface area (Å²) in [6.07, 6.45) is 0. The van der Waals surface area contributed by atoms with E-state index >= 15 is 0 Å². The van der Waals surface area contributed by atoms with Crippen LogP contribution in [0.1, 0.15) is 13.8 Å². The largest absolute Gasteiger partial charge is 0.491 e. The maximum atomic E-state index is 13.7. The van der Waals surface area contributed by atoms with E-state index in [2.05, 4.69) is 5.32 Å². The Bertz CT molecular complexity index is 301. The lowest BCUT2D eigenvalue weighted by Gasteiger charge is -2.12. The molecule has 1 aromatic rings. The fourth-order valence-electron chi connectivity index (χ4n) is 1.24. The molecule has 0 spiro atoms. The van der Waals surface area contributed by atoms with Crippen molar-refractivity contribution in [3.63, 3.8) is 0 Å². The minimum Gasteiger partial charge on any atom is -0.491 e. The van der Waals surface area contributed by atoms with E-state index in [1.54, 1.807) is 19.2 Å². The highest BCUT2D eigenvalue weighted by atomic mass is 19.1. The molecule has 1 aromatic carbocycles. The van der Waals surface area contributed by atoms with E-state index in [9.17, 15) is 4.39 Å². The Balaban J connectivity index is 3.08. The van der Waals surface area contributed by atoms with Gasteiger partial charge in [0.25, 0.3) is 0 Å². The molecule has 1 rings (SSSR count). The van der Waals surface area contributed by atoms with Crippen molar-refractivity contribution in [1.82, 2.24) is 0 Å². The van der Waals surface area contributed by atoms with Crippen LogP contribution in [0.3, 0.4) is 0 Å². The first kappa shape index (κ1) is 11.6. The maximum absolute atomic E-state index is 13.7. The van der Waals surface area contributed by atoms with E-state index in [4.69, 9.17) is 9.47 Å². The smallest absolute Gasteiger partial charge is 0.206 e. The van der Waals surface area contributed by atoms with Crippen LogP contribution in [0.25, 0.3) is 0 Å². The van der Waals surface area contributed by atoms with Crippen molar-refractivity contribution in [1.29, 1.82) is 0 Å². The highest BCUT2D eigenvalue weighted by Gasteiger charge is 2.12. The molecule has 0 unspecified atom stereocenters. The summed E-state index contributed by atoms with van der Waals surface area (Å²) in [5.41, 5.74) is 0.767. The van der Waals surface area contributed by atoms with E-state index < -0.39 is 5.82 Å². The predicted octanol–water partition coefficient (Wildman–Crippen LogP) is 2.66. The van der Waals surface area contributed by atoms with Crippen LogP contribution in [0.4, 0.5) is 10.1 Å². The van der Waals surface area contributed by atoms with Crippen molar-refractivity contribution >= 4 is 5.69 Å². The molecule has 3 nitrogen and oxygen atoms in total. The van der Waals surface area contributed by atoms with Crippen molar-refractivity contribution in [2.75, 3.05) is 25.6 Å². The summed E-state index contributed by atoms with van der Waals surface area (Å²) < 4.78 is 24.0. The van der Waals surface area contributed by atoms with Crippen LogP contribution in [0.5, 0.6) is 11.5 Å². The number of benzene rings is 1. The molecule has 84 valence electrons. The van der Waals surface area contributed by atoms with Crippen LogP contribution >= 0.6 is 0 Å². The van der Waals surface area contributed by atoms with Crippen molar-refractivity contribution in [2.24, 2.45) is 0 Å². The Hall–Kier alpha value is -1.45. The monoisotopic (exact) mass is 213 g/mol. The fraction of sp³-hybridized carbons (Fsp3) is 0.455. The van der Waals surface area contributed by atoms with Crippen molar-refractivity contribution in [3.05, 3.63) is 17.9 Å². The molecular weight excluding hydrogens is 197 g/mol. The standard InChI is InChI=1S/C11H16FNO2/c1-4-14-9-6-8(13-3)7-10(11(9)12)15-5-2/h6-7,13H,4-5H2,1-3H3. The van der Waals surface area contributed by atoms with Crippen LogP contribution in [0.2, 0.25) is 0 Å². The van der Waals surface area contributed by atoms with Crippen LogP contribution in [-0.4, -0.2) is 20.3 Å². The van der Waals surface area contributed by atoms with Gasteiger partial charge < -0.3 is 14.8 Å². The van der Waals surface area contributed by atoms with E-state index in [0.717, 1.165) is 5.69 Å². The number of ether oxygens (including phenoxy) is 2. The lowest BCUT2D eigenvalue weighted by Crippen LogP contribution is -2.01. The molecule has 0 aliphatic carbocycles. The second-order valence-electron chi connectivity index (χ2n) is 2.90. The summed E-state index contributed by atoms with van der Waals surface area (Å²) >= 11 is 0. The molecule has 1 N–H and O–H groups in total. The van der Waals surface area contributed by atoms with Gasteiger partial charge in [-0.2, -0.15) is 4.39 Å². The first-order valence-corrected chi connectivity index (χ1v) is 4.99. The molecule has 0 atom stereocenters. The van der Waals surface area contributed by atoms with Gasteiger partial charge in [0.2, 0.25) is 5.82 Å². The number of hydrogen-bond acceptors (Lipinski definition) is 3. The molecular formula is C11H16FNO2. The Kier molecular flexibility index (Phi) is 4.21. The Morgan fingerprint density at radius 2 is 1.60 bits per heavy atom. The summed E-state index contributed by atoms with van der Waals surface area (Å²) in [6.45, 7) is 4.48. The molecule has 0 aliphatic heterocycles. The molecule has 0 bridgehead atoms. The fourth-order valence-corrected chi connectivity index (χ4v) is 1.24. The SMILES string of the molecule is CCOc1cc(NC)cc(OCC)c1F. The molecule has 0 amide bonds. The number of hydrogen-bond donors (Lipinski definition) is 1. The molecule has 4 heteroatoms. The topological polar surface area (TPSA) is 30.5 Å². The molecule has 0 saturated heterocycles. The average molecular weight is 213 g/mol. The zero-order valence-corrected chi connectivity index (χ0v) is 9.26. The highest BCUT2D eigenvalue weighted by Crippen LogP contribution is 2.31. The normalized spacial score (nSPS) is 9.87. The van der Waals surface area contributed by atoms with Crippen molar-refractivity contribution < 1.29 is 13.9 Å². The lowest BCUT2D eigenvalue weighted by atomic mass is 10.2. The summed E-state index contributed by atoms with van der Waals surface area (Å²) in [6, 6.07) is 3.22. The zero-order chi connectivity index (χ0) is 11.3. The molecule has 0 fully saturated rings. The van der Waals surface area contributed by atoms with Gasteiger partial charge in [0.05, 0.1) is 13.2 Å². The third-order valence-corrected chi connectivity index (χ3v) is 1.89. The minimum absolute atomic E-state index is 0.216. The summed E-state index contributed by atoms with van der Waals surface area (Å²) in [5.74, 6) is -0.0155. The van der Waals surface area contributed by atoms with Gasteiger partial charge in [-0.1, -0.05) is 0 Å². The van der Waals surface area contributed by atoms with Crippen LogP contribution in [-0.2, 0) is 0 Å². The molecule has 0 heterocycles. The molecule has 0 radical (unpaired) electrons. The third kappa shape index (κ3) is 2.75. The number of anilines is 1. The minimum atomic E-state index is -0.447. The zero-order valence-electron chi connectivity index (χ0n) is 9.26.